The van der Waals surface area contributed by atoms with Gasteiger partial charge in [0.05, 0.1) is 0 Å². The number of aromatic amines is 1. The number of nitrogens with zero attached hydrogens (tertiary/aromatic N) is 1. The van der Waals surface area contributed by atoms with Gasteiger partial charge in [0, 0.05) is 18.8 Å². The van der Waals surface area contributed by atoms with Crippen LogP contribution in [0.15, 0.2) is 29.8 Å². The Bertz CT molecular complexity index is 572. The topological polar surface area (TPSA) is 90.5 Å². The molecule has 1 aliphatic carbocycles. The average Bonchev–Trinajstić information content (AvgIpc) is 2.99. The molecule has 6 nitrogen and oxygen atoms in total. The number of carboxylic acids is 1. The molecule has 1 fully saturated rings. The minimum absolute atomic E-state index is 0.0104. The van der Waals surface area contributed by atoms with Gasteiger partial charge in [-0.2, -0.15) is 4.31 Å². The number of carboxylic acid groups (broad SMARTS) is 1. The Hall–Kier alpha value is -1.60. The van der Waals surface area contributed by atoms with Crippen LogP contribution in [0.3, 0.4) is 0 Å². The smallest absolute Gasteiger partial charge is 0.352 e. The predicted molar refractivity (Wildman–Crippen MR) is 64.9 cm³/mol. The molecule has 0 saturated heterocycles. The van der Waals surface area contributed by atoms with Crippen LogP contribution in [0.5, 0.6) is 0 Å². The van der Waals surface area contributed by atoms with Crippen LogP contribution in [0.1, 0.15) is 23.3 Å². The summed E-state index contributed by atoms with van der Waals surface area (Å²) in [5, 5.41) is 8.77. The van der Waals surface area contributed by atoms with Crippen molar-refractivity contribution in [3.63, 3.8) is 0 Å². The summed E-state index contributed by atoms with van der Waals surface area (Å²) in [6.07, 6.45) is 4.41. The molecule has 0 radical (unpaired) electrons. The van der Waals surface area contributed by atoms with Crippen molar-refractivity contribution in [3.8, 4) is 0 Å². The van der Waals surface area contributed by atoms with Crippen LogP contribution >= 0.6 is 0 Å². The Balaban J connectivity index is 2.32. The monoisotopic (exact) mass is 270 g/mol. The second-order valence-electron chi connectivity index (χ2n) is 4.15. The summed E-state index contributed by atoms with van der Waals surface area (Å²) in [5.41, 5.74) is -0.136. The van der Waals surface area contributed by atoms with Crippen LogP contribution in [0.4, 0.5) is 0 Å². The Kier molecular flexibility index (Phi) is 3.27. The number of aromatic carboxylic acids is 1. The lowest BCUT2D eigenvalue weighted by Crippen LogP contribution is -2.33. The molecule has 18 heavy (non-hydrogen) atoms. The fourth-order valence-corrected chi connectivity index (χ4v) is 3.37. The van der Waals surface area contributed by atoms with E-state index in [9.17, 15) is 13.2 Å². The molecule has 0 aliphatic heterocycles. The van der Waals surface area contributed by atoms with E-state index in [0.29, 0.717) is 0 Å². The standard InChI is InChI=1S/C11H14N2O4S/c1-2-5-13(8-3-4-8)18(16,17)9-6-10(11(14)15)12-7-9/h2,6-8,12H,1,3-5H2,(H,14,15). The van der Waals surface area contributed by atoms with Crippen molar-refractivity contribution in [2.75, 3.05) is 6.54 Å². The molecule has 0 aromatic carbocycles. The number of rotatable bonds is 6. The normalized spacial score (nSPS) is 15.8. The molecule has 2 rings (SSSR count). The highest BCUT2D eigenvalue weighted by atomic mass is 32.2. The summed E-state index contributed by atoms with van der Waals surface area (Å²) >= 11 is 0. The Morgan fingerprint density at radius 1 is 1.61 bits per heavy atom. The first-order valence-electron chi connectivity index (χ1n) is 5.51. The van der Waals surface area contributed by atoms with E-state index < -0.39 is 16.0 Å². The van der Waals surface area contributed by atoms with Gasteiger partial charge < -0.3 is 10.1 Å². The van der Waals surface area contributed by atoms with Gasteiger partial charge in [-0.1, -0.05) is 6.08 Å². The molecule has 0 unspecified atom stereocenters. The third-order valence-corrected chi connectivity index (χ3v) is 4.65. The molecular formula is C11H14N2O4S. The van der Waals surface area contributed by atoms with E-state index in [2.05, 4.69) is 11.6 Å². The van der Waals surface area contributed by atoms with E-state index in [1.54, 1.807) is 0 Å². The van der Waals surface area contributed by atoms with Crippen LogP contribution in [0, 0.1) is 0 Å². The van der Waals surface area contributed by atoms with Crippen molar-refractivity contribution in [2.45, 2.75) is 23.8 Å². The summed E-state index contributed by atoms with van der Waals surface area (Å²) in [5.74, 6) is -1.18. The lowest BCUT2D eigenvalue weighted by atomic mass is 10.4. The third-order valence-electron chi connectivity index (χ3n) is 2.76. The van der Waals surface area contributed by atoms with Gasteiger partial charge in [0.1, 0.15) is 10.6 Å². The van der Waals surface area contributed by atoms with E-state index in [-0.39, 0.29) is 23.2 Å². The first kappa shape index (κ1) is 12.8. The molecule has 1 aliphatic rings. The van der Waals surface area contributed by atoms with Crippen LogP contribution in [0.25, 0.3) is 0 Å². The molecule has 0 atom stereocenters. The van der Waals surface area contributed by atoms with Crippen molar-refractivity contribution in [3.05, 3.63) is 30.6 Å². The van der Waals surface area contributed by atoms with E-state index in [1.165, 1.54) is 16.6 Å². The Labute approximate surface area is 105 Å². The van der Waals surface area contributed by atoms with Crippen LogP contribution in [0.2, 0.25) is 0 Å². The summed E-state index contributed by atoms with van der Waals surface area (Å²) < 4.78 is 26.0. The fourth-order valence-electron chi connectivity index (χ4n) is 1.72. The highest BCUT2D eigenvalue weighted by molar-refractivity contribution is 7.89. The molecule has 0 bridgehead atoms. The molecule has 7 heteroatoms. The van der Waals surface area contributed by atoms with Crippen molar-refractivity contribution in [1.82, 2.24) is 9.29 Å². The SMILES string of the molecule is C=CCN(C1CC1)S(=O)(=O)c1c[nH]c(C(=O)O)c1. The van der Waals surface area contributed by atoms with Gasteiger partial charge in [-0.05, 0) is 18.9 Å². The van der Waals surface area contributed by atoms with Crippen LogP contribution in [-0.2, 0) is 10.0 Å². The molecule has 1 aromatic heterocycles. The molecule has 1 heterocycles. The van der Waals surface area contributed by atoms with Crippen molar-refractivity contribution in [1.29, 1.82) is 0 Å². The second-order valence-corrected chi connectivity index (χ2v) is 6.04. The molecule has 1 aromatic rings. The molecule has 0 spiro atoms. The van der Waals surface area contributed by atoms with Gasteiger partial charge >= 0.3 is 5.97 Å². The van der Waals surface area contributed by atoms with Crippen molar-refractivity contribution in [2.24, 2.45) is 0 Å². The van der Waals surface area contributed by atoms with E-state index >= 15 is 0 Å². The zero-order chi connectivity index (χ0) is 13.3. The maximum absolute atomic E-state index is 12.3. The van der Waals surface area contributed by atoms with E-state index in [1.807, 2.05) is 0 Å². The zero-order valence-electron chi connectivity index (χ0n) is 9.67. The lowest BCUT2D eigenvalue weighted by Gasteiger charge is -2.19. The Morgan fingerprint density at radius 2 is 2.28 bits per heavy atom. The van der Waals surface area contributed by atoms with Gasteiger partial charge in [-0.15, -0.1) is 6.58 Å². The van der Waals surface area contributed by atoms with Gasteiger partial charge in [-0.25, -0.2) is 13.2 Å². The van der Waals surface area contributed by atoms with Crippen molar-refractivity contribution >= 4 is 16.0 Å². The van der Waals surface area contributed by atoms with E-state index in [0.717, 1.165) is 18.9 Å². The average molecular weight is 270 g/mol. The number of sulfonamides is 1. The van der Waals surface area contributed by atoms with Gasteiger partial charge in [0.2, 0.25) is 10.0 Å². The second kappa shape index (κ2) is 4.58. The number of carbonyl (C=O) groups is 1. The first-order valence-corrected chi connectivity index (χ1v) is 6.95. The fraction of sp³-hybridized carbons (Fsp3) is 0.364. The Morgan fingerprint density at radius 3 is 2.72 bits per heavy atom. The lowest BCUT2D eigenvalue weighted by molar-refractivity contribution is 0.0691. The summed E-state index contributed by atoms with van der Waals surface area (Å²) in [7, 11) is -3.65. The highest BCUT2D eigenvalue weighted by Gasteiger charge is 2.37. The largest absolute Gasteiger partial charge is 0.477 e. The number of H-pyrrole nitrogens is 1. The van der Waals surface area contributed by atoms with Crippen LogP contribution in [-0.4, -0.2) is 41.4 Å². The number of hydrogen-bond acceptors (Lipinski definition) is 3. The van der Waals surface area contributed by atoms with Gasteiger partial charge in [-0.3, -0.25) is 0 Å². The van der Waals surface area contributed by atoms with E-state index in [4.69, 9.17) is 5.11 Å². The number of hydrogen-bond donors (Lipinski definition) is 2. The summed E-state index contributed by atoms with van der Waals surface area (Å²) in [6, 6.07) is 1.15. The van der Waals surface area contributed by atoms with Gasteiger partial charge in [0.15, 0.2) is 0 Å². The summed E-state index contributed by atoms with van der Waals surface area (Å²) in [4.78, 5) is 13.1. The first-order chi connectivity index (χ1) is 8.46. The quantitative estimate of drug-likeness (QED) is 0.756. The summed E-state index contributed by atoms with van der Waals surface area (Å²) in [6.45, 7) is 3.78. The molecule has 1 saturated carbocycles. The number of aromatic nitrogens is 1. The maximum Gasteiger partial charge on any atom is 0.352 e. The van der Waals surface area contributed by atoms with Gasteiger partial charge in [0.25, 0.3) is 0 Å². The molecular weight excluding hydrogens is 256 g/mol. The molecule has 0 amide bonds. The minimum Gasteiger partial charge on any atom is -0.477 e. The molecule has 2 N–H and O–H groups in total. The zero-order valence-corrected chi connectivity index (χ0v) is 10.5. The van der Waals surface area contributed by atoms with Crippen molar-refractivity contribution < 1.29 is 18.3 Å². The third kappa shape index (κ3) is 2.32. The maximum atomic E-state index is 12.3. The highest BCUT2D eigenvalue weighted by Crippen LogP contribution is 2.32. The molecule has 98 valence electrons. The minimum atomic E-state index is -3.65. The predicted octanol–water partition coefficient (Wildman–Crippen LogP) is 1.05. The van der Waals surface area contributed by atoms with Crippen LogP contribution < -0.4 is 0 Å². The number of nitrogens with one attached hydrogen (secondary N) is 1.